The standard InChI is InChI=1S/C26H37FN4O4/c27-21-1-3-22(4-2-21)30-13-11-28(12-14-30)8-5-23-19-26(25(33)35-23)6-9-31(10-7-26)24(32)20-29-15-17-34-18-16-29/h1-4,23H,5-20H2/t23-/m0/s1. The molecule has 192 valence electrons. The molecule has 8 nitrogen and oxygen atoms in total. The van der Waals surface area contributed by atoms with Crippen molar-refractivity contribution in [2.24, 2.45) is 5.41 Å². The van der Waals surface area contributed by atoms with Crippen LogP contribution in [0, 0.1) is 11.2 Å². The molecule has 4 aliphatic rings. The van der Waals surface area contributed by atoms with Crippen LogP contribution < -0.4 is 4.90 Å². The second-order valence-electron chi connectivity index (χ2n) is 10.4. The van der Waals surface area contributed by atoms with E-state index in [2.05, 4.69) is 14.7 Å². The van der Waals surface area contributed by atoms with Crippen LogP contribution in [0.3, 0.4) is 0 Å². The fourth-order valence-corrected chi connectivity index (χ4v) is 5.85. The predicted molar refractivity (Wildman–Crippen MR) is 130 cm³/mol. The monoisotopic (exact) mass is 488 g/mol. The first-order valence-electron chi connectivity index (χ1n) is 13.0. The maximum absolute atomic E-state index is 13.2. The van der Waals surface area contributed by atoms with E-state index in [0.29, 0.717) is 45.7 Å². The lowest BCUT2D eigenvalue weighted by Crippen LogP contribution is -2.49. The molecular weight excluding hydrogens is 451 g/mol. The normalized spacial score (nSPS) is 25.7. The number of carbonyl (C=O) groups excluding carboxylic acids is 2. The zero-order valence-corrected chi connectivity index (χ0v) is 20.5. The van der Waals surface area contributed by atoms with Gasteiger partial charge in [0, 0.05) is 71.0 Å². The molecule has 0 saturated carbocycles. The largest absolute Gasteiger partial charge is 0.462 e. The molecule has 4 fully saturated rings. The van der Waals surface area contributed by atoms with Gasteiger partial charge in [0.15, 0.2) is 0 Å². The van der Waals surface area contributed by atoms with E-state index < -0.39 is 5.41 Å². The van der Waals surface area contributed by atoms with E-state index in [1.165, 1.54) is 12.1 Å². The van der Waals surface area contributed by atoms with Crippen molar-refractivity contribution in [1.29, 1.82) is 0 Å². The van der Waals surface area contributed by atoms with Gasteiger partial charge in [0.2, 0.25) is 5.91 Å². The molecule has 1 atom stereocenters. The Morgan fingerprint density at radius 3 is 2.31 bits per heavy atom. The molecule has 1 aromatic carbocycles. The van der Waals surface area contributed by atoms with Crippen LogP contribution in [0.5, 0.6) is 0 Å². The zero-order valence-electron chi connectivity index (χ0n) is 20.5. The number of cyclic esters (lactones) is 1. The number of likely N-dealkylation sites (tertiary alicyclic amines) is 1. The van der Waals surface area contributed by atoms with E-state index in [9.17, 15) is 14.0 Å². The number of carbonyl (C=O) groups is 2. The van der Waals surface area contributed by atoms with Gasteiger partial charge in [0.05, 0.1) is 25.2 Å². The molecule has 0 unspecified atom stereocenters. The van der Waals surface area contributed by atoms with Crippen molar-refractivity contribution in [1.82, 2.24) is 14.7 Å². The Bertz CT molecular complexity index is 876. The van der Waals surface area contributed by atoms with Crippen LogP contribution in [0.25, 0.3) is 0 Å². The van der Waals surface area contributed by atoms with Gasteiger partial charge in [-0.05, 0) is 43.5 Å². The molecule has 35 heavy (non-hydrogen) atoms. The fraction of sp³-hybridized carbons (Fsp3) is 0.692. The second kappa shape index (κ2) is 10.8. The number of amides is 1. The highest BCUT2D eigenvalue weighted by Crippen LogP contribution is 2.44. The predicted octanol–water partition coefficient (Wildman–Crippen LogP) is 1.59. The summed E-state index contributed by atoms with van der Waals surface area (Å²) in [6, 6.07) is 6.70. The molecule has 4 saturated heterocycles. The molecule has 9 heteroatoms. The highest BCUT2D eigenvalue weighted by atomic mass is 19.1. The first kappa shape index (κ1) is 24.5. The molecule has 0 aromatic heterocycles. The average molecular weight is 489 g/mol. The summed E-state index contributed by atoms with van der Waals surface area (Å²) in [7, 11) is 0. The number of piperidine rings is 1. The van der Waals surface area contributed by atoms with Gasteiger partial charge in [0.1, 0.15) is 11.9 Å². The highest BCUT2D eigenvalue weighted by Gasteiger charge is 2.50. The van der Waals surface area contributed by atoms with E-state index in [0.717, 1.165) is 64.3 Å². The van der Waals surface area contributed by atoms with Gasteiger partial charge in [-0.2, -0.15) is 0 Å². The number of rotatable bonds is 6. The lowest BCUT2D eigenvalue weighted by atomic mass is 9.75. The Hall–Kier alpha value is -2.23. The van der Waals surface area contributed by atoms with Crippen molar-refractivity contribution in [3.05, 3.63) is 30.1 Å². The minimum Gasteiger partial charge on any atom is -0.462 e. The maximum atomic E-state index is 13.2. The number of piperazine rings is 1. The Morgan fingerprint density at radius 1 is 0.943 bits per heavy atom. The van der Waals surface area contributed by atoms with E-state index in [-0.39, 0.29) is 23.8 Å². The molecule has 4 heterocycles. The van der Waals surface area contributed by atoms with Crippen LogP contribution in [0.4, 0.5) is 10.1 Å². The number of halogens is 1. The van der Waals surface area contributed by atoms with Crippen molar-refractivity contribution in [2.75, 3.05) is 83.6 Å². The summed E-state index contributed by atoms with van der Waals surface area (Å²) in [5, 5.41) is 0. The molecule has 1 amide bonds. The smallest absolute Gasteiger partial charge is 0.312 e. The summed E-state index contributed by atoms with van der Waals surface area (Å²) in [6.45, 7) is 9.33. The molecule has 1 spiro atoms. The number of nitrogens with zero attached hydrogens (tertiary/aromatic N) is 4. The van der Waals surface area contributed by atoms with Crippen molar-refractivity contribution in [2.45, 2.75) is 31.8 Å². The van der Waals surface area contributed by atoms with Crippen LogP contribution in [0.2, 0.25) is 0 Å². The number of esters is 1. The van der Waals surface area contributed by atoms with Crippen molar-refractivity contribution in [3.8, 4) is 0 Å². The number of hydrogen-bond donors (Lipinski definition) is 0. The average Bonchev–Trinajstić information content (AvgIpc) is 3.19. The lowest BCUT2D eigenvalue weighted by Gasteiger charge is -2.38. The van der Waals surface area contributed by atoms with Gasteiger partial charge in [-0.25, -0.2) is 4.39 Å². The van der Waals surface area contributed by atoms with E-state index in [1.54, 1.807) is 0 Å². The number of anilines is 1. The zero-order chi connectivity index (χ0) is 24.3. The van der Waals surface area contributed by atoms with Crippen LogP contribution in [-0.2, 0) is 19.1 Å². The quantitative estimate of drug-likeness (QED) is 0.564. The van der Waals surface area contributed by atoms with Crippen LogP contribution in [0.15, 0.2) is 24.3 Å². The summed E-state index contributed by atoms with van der Waals surface area (Å²) < 4.78 is 24.4. The van der Waals surface area contributed by atoms with Crippen molar-refractivity contribution in [3.63, 3.8) is 0 Å². The third kappa shape index (κ3) is 5.78. The number of ether oxygens (including phenoxy) is 2. The number of benzene rings is 1. The van der Waals surface area contributed by atoms with Gasteiger partial charge in [-0.3, -0.25) is 19.4 Å². The summed E-state index contributed by atoms with van der Waals surface area (Å²) in [4.78, 5) is 34.3. The molecule has 1 aromatic rings. The van der Waals surface area contributed by atoms with Gasteiger partial charge >= 0.3 is 5.97 Å². The second-order valence-corrected chi connectivity index (χ2v) is 10.4. The van der Waals surface area contributed by atoms with Crippen LogP contribution in [-0.4, -0.2) is 111 Å². The SMILES string of the molecule is O=C(CN1CCOCC1)N1CCC2(CC1)C[C@H](CCN1CCN(c3ccc(F)cc3)CC1)OC2=O. The topological polar surface area (TPSA) is 65.6 Å². The fourth-order valence-electron chi connectivity index (χ4n) is 5.85. The van der Waals surface area contributed by atoms with Gasteiger partial charge in [0.25, 0.3) is 0 Å². The summed E-state index contributed by atoms with van der Waals surface area (Å²) >= 11 is 0. The summed E-state index contributed by atoms with van der Waals surface area (Å²) in [5.41, 5.74) is 0.647. The molecule has 0 aliphatic carbocycles. The van der Waals surface area contributed by atoms with Gasteiger partial charge in [-0.1, -0.05) is 0 Å². The number of morpholine rings is 1. The Morgan fingerprint density at radius 2 is 1.63 bits per heavy atom. The Kier molecular flexibility index (Phi) is 7.55. The molecule has 4 aliphatic heterocycles. The van der Waals surface area contributed by atoms with E-state index in [1.807, 2.05) is 17.0 Å². The summed E-state index contributed by atoms with van der Waals surface area (Å²) in [6.07, 6.45) is 2.99. The minimum atomic E-state index is -0.415. The third-order valence-corrected chi connectivity index (χ3v) is 8.19. The van der Waals surface area contributed by atoms with Gasteiger partial charge < -0.3 is 19.3 Å². The first-order valence-corrected chi connectivity index (χ1v) is 13.0. The van der Waals surface area contributed by atoms with Gasteiger partial charge in [-0.15, -0.1) is 0 Å². The maximum Gasteiger partial charge on any atom is 0.312 e. The molecule has 5 rings (SSSR count). The van der Waals surface area contributed by atoms with Crippen molar-refractivity contribution >= 4 is 17.6 Å². The van der Waals surface area contributed by atoms with Crippen LogP contribution >= 0.6 is 0 Å². The van der Waals surface area contributed by atoms with E-state index >= 15 is 0 Å². The number of hydrogen-bond acceptors (Lipinski definition) is 7. The Balaban J connectivity index is 1.04. The third-order valence-electron chi connectivity index (χ3n) is 8.19. The lowest BCUT2D eigenvalue weighted by molar-refractivity contribution is -0.153. The van der Waals surface area contributed by atoms with Crippen LogP contribution in [0.1, 0.15) is 25.7 Å². The van der Waals surface area contributed by atoms with E-state index in [4.69, 9.17) is 9.47 Å². The molecular formula is C26H37FN4O4. The Labute approximate surface area is 206 Å². The molecule has 0 radical (unpaired) electrons. The summed E-state index contributed by atoms with van der Waals surface area (Å²) in [5.74, 6) is -0.116. The van der Waals surface area contributed by atoms with Crippen molar-refractivity contribution < 1.29 is 23.5 Å². The minimum absolute atomic E-state index is 0.0340. The molecule has 0 N–H and O–H groups in total. The first-order chi connectivity index (χ1) is 17.0. The molecule has 0 bridgehead atoms. The highest BCUT2D eigenvalue weighted by molar-refractivity contribution is 5.81.